The van der Waals surface area contributed by atoms with Gasteiger partial charge in [0.25, 0.3) is 0 Å². The Morgan fingerprint density at radius 3 is 2.82 bits per heavy atom. The lowest BCUT2D eigenvalue weighted by Crippen LogP contribution is -2.33. The highest BCUT2D eigenvalue weighted by molar-refractivity contribution is 7.89. The van der Waals surface area contributed by atoms with Crippen LogP contribution in [0.15, 0.2) is 24.3 Å². The highest BCUT2D eigenvalue weighted by atomic mass is 32.2. The fraction of sp³-hybridized carbons (Fsp3) is 0.500. The van der Waals surface area contributed by atoms with Crippen LogP contribution < -0.4 is 0 Å². The van der Waals surface area contributed by atoms with Crippen molar-refractivity contribution in [3.8, 4) is 0 Å². The second-order valence-corrected chi connectivity index (χ2v) is 6.28. The molecule has 1 heterocycles. The molecule has 1 aromatic rings. The van der Waals surface area contributed by atoms with Gasteiger partial charge in [0.15, 0.2) is 0 Å². The van der Waals surface area contributed by atoms with Crippen molar-refractivity contribution < 1.29 is 13.2 Å². The summed E-state index contributed by atoms with van der Waals surface area (Å²) in [6, 6.07) is 7.86. The van der Waals surface area contributed by atoms with Crippen molar-refractivity contribution in [2.45, 2.75) is 13.5 Å². The van der Waals surface area contributed by atoms with Crippen molar-refractivity contribution in [3.05, 3.63) is 35.4 Å². The van der Waals surface area contributed by atoms with Gasteiger partial charge in [-0.3, -0.25) is 0 Å². The first-order valence-corrected chi connectivity index (χ1v) is 7.30. The molecule has 1 aromatic carbocycles. The summed E-state index contributed by atoms with van der Waals surface area (Å²) in [5, 5.41) is 0. The van der Waals surface area contributed by atoms with E-state index < -0.39 is 10.0 Å². The number of nitrogens with zero attached hydrogens (tertiary/aromatic N) is 1. The first kappa shape index (κ1) is 12.5. The van der Waals surface area contributed by atoms with E-state index in [0.717, 1.165) is 11.1 Å². The highest BCUT2D eigenvalue weighted by Gasteiger charge is 2.24. The van der Waals surface area contributed by atoms with E-state index in [-0.39, 0.29) is 5.75 Å². The molecular weight excluding hydrogens is 238 g/mol. The quantitative estimate of drug-likeness (QED) is 0.796. The summed E-state index contributed by atoms with van der Waals surface area (Å²) in [7, 11) is -3.17. The molecule has 0 aromatic heterocycles. The first-order valence-electron chi connectivity index (χ1n) is 5.70. The van der Waals surface area contributed by atoms with Gasteiger partial charge in [0.05, 0.1) is 19.0 Å². The summed E-state index contributed by atoms with van der Waals surface area (Å²) in [5.41, 5.74) is 2.17. The Morgan fingerprint density at radius 2 is 2.06 bits per heavy atom. The van der Waals surface area contributed by atoms with E-state index in [2.05, 4.69) is 0 Å². The second-order valence-electron chi connectivity index (χ2n) is 4.19. The van der Waals surface area contributed by atoms with E-state index in [0.29, 0.717) is 26.3 Å². The average molecular weight is 255 g/mol. The van der Waals surface area contributed by atoms with Gasteiger partial charge in [0, 0.05) is 13.1 Å². The molecule has 1 aliphatic rings. The van der Waals surface area contributed by atoms with Gasteiger partial charge in [-0.2, -0.15) is 4.31 Å². The fourth-order valence-electron chi connectivity index (χ4n) is 1.86. The van der Waals surface area contributed by atoms with Crippen molar-refractivity contribution in [3.63, 3.8) is 0 Å². The van der Waals surface area contributed by atoms with Crippen LogP contribution >= 0.6 is 0 Å². The molecule has 1 fully saturated rings. The third-order valence-corrected chi connectivity index (χ3v) is 4.75. The molecule has 0 unspecified atom stereocenters. The van der Waals surface area contributed by atoms with E-state index in [1.54, 1.807) is 0 Å². The molecule has 4 nitrogen and oxygen atoms in total. The van der Waals surface area contributed by atoms with Gasteiger partial charge in [-0.25, -0.2) is 8.42 Å². The molecule has 0 bridgehead atoms. The van der Waals surface area contributed by atoms with Gasteiger partial charge in [0.2, 0.25) is 10.0 Å². The molecule has 2 rings (SSSR count). The minimum absolute atomic E-state index is 0.0822. The second kappa shape index (κ2) is 5.16. The zero-order chi connectivity index (χ0) is 12.3. The van der Waals surface area contributed by atoms with Crippen LogP contribution in [0.4, 0.5) is 0 Å². The molecule has 1 aliphatic heterocycles. The minimum atomic E-state index is -3.17. The van der Waals surface area contributed by atoms with Crippen LogP contribution in [-0.4, -0.2) is 38.2 Å². The molecule has 0 aliphatic carbocycles. The Morgan fingerprint density at radius 1 is 1.29 bits per heavy atom. The van der Waals surface area contributed by atoms with Crippen LogP contribution in [0.3, 0.4) is 0 Å². The molecule has 0 atom stereocenters. The van der Waals surface area contributed by atoms with E-state index >= 15 is 0 Å². The summed E-state index contributed by atoms with van der Waals surface area (Å²) in [6.45, 7) is 3.66. The van der Waals surface area contributed by atoms with Crippen LogP contribution in [0.5, 0.6) is 0 Å². The van der Waals surface area contributed by atoms with Crippen molar-refractivity contribution in [1.29, 1.82) is 0 Å². The molecule has 0 radical (unpaired) electrons. The number of hydrogen-bond acceptors (Lipinski definition) is 3. The zero-order valence-corrected chi connectivity index (χ0v) is 10.7. The zero-order valence-electron chi connectivity index (χ0n) is 9.93. The molecule has 0 saturated carbocycles. The Labute approximate surface area is 102 Å². The lowest BCUT2D eigenvalue weighted by molar-refractivity contribution is 0.146. The lowest BCUT2D eigenvalue weighted by Gasteiger charge is -2.19. The summed E-state index contributed by atoms with van der Waals surface area (Å²) >= 11 is 0. The maximum Gasteiger partial charge on any atom is 0.216 e. The van der Waals surface area contributed by atoms with Crippen LogP contribution in [0, 0.1) is 6.92 Å². The molecule has 17 heavy (non-hydrogen) atoms. The van der Waals surface area contributed by atoms with Gasteiger partial charge in [0.1, 0.15) is 0 Å². The predicted octanol–water partition coefficient (Wildman–Crippen LogP) is 1.16. The summed E-state index contributed by atoms with van der Waals surface area (Å²) in [6.07, 6.45) is 0. The molecule has 0 spiro atoms. The fourth-order valence-corrected chi connectivity index (χ4v) is 3.13. The Hall–Kier alpha value is -0.910. The van der Waals surface area contributed by atoms with Gasteiger partial charge in [-0.15, -0.1) is 0 Å². The number of rotatable bonds is 2. The Kier molecular flexibility index (Phi) is 3.81. The number of benzene rings is 1. The number of aryl methyl sites for hydroxylation is 1. The molecule has 1 saturated heterocycles. The molecule has 0 N–H and O–H groups in total. The van der Waals surface area contributed by atoms with Gasteiger partial charge in [-0.05, 0) is 18.1 Å². The lowest BCUT2D eigenvalue weighted by atomic mass is 10.1. The van der Waals surface area contributed by atoms with Gasteiger partial charge < -0.3 is 4.74 Å². The van der Waals surface area contributed by atoms with Crippen LogP contribution in [-0.2, 0) is 21.3 Å². The third-order valence-electron chi connectivity index (χ3n) is 2.97. The van der Waals surface area contributed by atoms with E-state index in [1.165, 1.54) is 4.31 Å². The van der Waals surface area contributed by atoms with E-state index in [9.17, 15) is 8.42 Å². The third kappa shape index (κ3) is 3.06. The summed E-state index contributed by atoms with van der Waals surface area (Å²) in [4.78, 5) is 0. The standard InChI is InChI=1S/C12H17NO3S/c1-11-4-2-3-5-12(11)10-13-6-7-16-8-9-17(13,14)15/h2-5H,6-10H2,1H3. The SMILES string of the molecule is Cc1ccccc1CN1CCOCCS1(=O)=O. The van der Waals surface area contributed by atoms with Crippen molar-refractivity contribution in [2.24, 2.45) is 0 Å². The monoisotopic (exact) mass is 255 g/mol. The van der Waals surface area contributed by atoms with Crippen LogP contribution in [0.2, 0.25) is 0 Å². The summed E-state index contributed by atoms with van der Waals surface area (Å²) < 4.78 is 30.7. The van der Waals surface area contributed by atoms with Crippen molar-refractivity contribution in [1.82, 2.24) is 4.31 Å². The molecule has 0 amide bonds. The summed E-state index contributed by atoms with van der Waals surface area (Å²) in [5.74, 6) is 0.0822. The van der Waals surface area contributed by atoms with Crippen molar-refractivity contribution >= 4 is 10.0 Å². The first-order chi connectivity index (χ1) is 8.09. The number of sulfonamides is 1. The van der Waals surface area contributed by atoms with Crippen LogP contribution in [0.25, 0.3) is 0 Å². The van der Waals surface area contributed by atoms with E-state index in [1.807, 2.05) is 31.2 Å². The minimum Gasteiger partial charge on any atom is -0.379 e. The molecule has 94 valence electrons. The smallest absolute Gasteiger partial charge is 0.216 e. The van der Waals surface area contributed by atoms with E-state index in [4.69, 9.17) is 4.74 Å². The topological polar surface area (TPSA) is 46.6 Å². The predicted molar refractivity (Wildman–Crippen MR) is 66.2 cm³/mol. The maximum absolute atomic E-state index is 12.0. The molecule has 5 heteroatoms. The Balaban J connectivity index is 2.19. The number of ether oxygens (including phenoxy) is 1. The average Bonchev–Trinajstić information content (AvgIpc) is 2.44. The van der Waals surface area contributed by atoms with Gasteiger partial charge >= 0.3 is 0 Å². The van der Waals surface area contributed by atoms with Crippen LogP contribution in [0.1, 0.15) is 11.1 Å². The van der Waals surface area contributed by atoms with Gasteiger partial charge in [-0.1, -0.05) is 24.3 Å². The molecular formula is C12H17NO3S. The Bertz CT molecular complexity index is 484. The van der Waals surface area contributed by atoms with Crippen molar-refractivity contribution in [2.75, 3.05) is 25.5 Å². The highest BCUT2D eigenvalue weighted by Crippen LogP contribution is 2.15. The normalized spacial score (nSPS) is 21.0. The number of hydrogen-bond donors (Lipinski definition) is 0. The maximum atomic E-state index is 12.0. The largest absolute Gasteiger partial charge is 0.379 e.